The normalized spacial score (nSPS) is 20.0. The molecule has 1 N–H and O–H groups in total. The van der Waals surface area contributed by atoms with Crippen molar-refractivity contribution < 1.29 is 18.0 Å². The largest absolute Gasteiger partial charge is 0.326 e. The topological polar surface area (TPSA) is 83.5 Å². The number of rotatable bonds is 5. The van der Waals surface area contributed by atoms with Gasteiger partial charge in [0.15, 0.2) is 9.84 Å². The SMILES string of the molecule is O=C(Nc1ccc(S(=O)(=O)C2CCCC2)cc1)C1CC(=O)N(c2ccccc2Br)C1. The first-order valence-electron chi connectivity index (χ1n) is 10.1. The fourth-order valence-corrected chi connectivity index (χ4v) is 6.50. The molecule has 2 amide bonds. The number of carbonyl (C=O) groups is 2. The standard InChI is InChI=1S/C22H23BrN2O4S/c23-19-7-3-4-8-20(19)25-14-15(13-21(25)26)22(27)24-16-9-11-18(12-10-16)30(28,29)17-5-1-2-6-17/h3-4,7-12,15,17H,1-2,5-6,13-14H2,(H,24,27). The van der Waals surface area contributed by atoms with Crippen molar-refractivity contribution in [2.24, 2.45) is 5.92 Å². The summed E-state index contributed by atoms with van der Waals surface area (Å²) in [5, 5.41) is 2.51. The Morgan fingerprint density at radius 1 is 1.03 bits per heavy atom. The Morgan fingerprint density at radius 3 is 2.37 bits per heavy atom. The minimum absolute atomic E-state index is 0.0972. The third kappa shape index (κ3) is 4.16. The van der Waals surface area contributed by atoms with Gasteiger partial charge in [-0.15, -0.1) is 0 Å². The molecule has 0 radical (unpaired) electrons. The van der Waals surface area contributed by atoms with Gasteiger partial charge in [-0.25, -0.2) is 8.42 Å². The van der Waals surface area contributed by atoms with Crippen LogP contribution in [0, 0.1) is 5.92 Å². The predicted molar refractivity (Wildman–Crippen MR) is 119 cm³/mol. The summed E-state index contributed by atoms with van der Waals surface area (Å²) in [6, 6.07) is 13.7. The van der Waals surface area contributed by atoms with E-state index >= 15 is 0 Å². The van der Waals surface area contributed by atoms with Crippen molar-refractivity contribution in [1.29, 1.82) is 0 Å². The summed E-state index contributed by atoms with van der Waals surface area (Å²) >= 11 is 3.45. The van der Waals surface area contributed by atoms with Crippen molar-refractivity contribution in [2.75, 3.05) is 16.8 Å². The highest BCUT2D eigenvalue weighted by Crippen LogP contribution is 2.32. The Labute approximate surface area is 184 Å². The summed E-state index contributed by atoms with van der Waals surface area (Å²) in [5.74, 6) is -0.809. The zero-order valence-electron chi connectivity index (χ0n) is 16.4. The molecule has 0 aromatic heterocycles. The molecule has 6 nitrogen and oxygen atoms in total. The zero-order valence-corrected chi connectivity index (χ0v) is 18.8. The van der Waals surface area contributed by atoms with E-state index in [1.807, 2.05) is 24.3 Å². The van der Waals surface area contributed by atoms with Crippen LogP contribution in [0.15, 0.2) is 57.9 Å². The Kier molecular flexibility index (Phi) is 5.97. The van der Waals surface area contributed by atoms with Crippen molar-refractivity contribution >= 4 is 49.0 Å². The van der Waals surface area contributed by atoms with Gasteiger partial charge in [0.05, 0.1) is 21.8 Å². The monoisotopic (exact) mass is 490 g/mol. The number of benzene rings is 2. The van der Waals surface area contributed by atoms with Gasteiger partial charge in [0.1, 0.15) is 0 Å². The first-order chi connectivity index (χ1) is 14.4. The number of hydrogen-bond donors (Lipinski definition) is 1. The van der Waals surface area contributed by atoms with Crippen molar-refractivity contribution in [2.45, 2.75) is 42.2 Å². The molecule has 0 bridgehead atoms. The molecule has 4 rings (SSSR count). The average Bonchev–Trinajstić information content (AvgIpc) is 3.39. The molecule has 1 heterocycles. The quantitative estimate of drug-likeness (QED) is 0.681. The number of para-hydroxylation sites is 1. The third-order valence-electron chi connectivity index (χ3n) is 5.83. The molecule has 30 heavy (non-hydrogen) atoms. The van der Waals surface area contributed by atoms with Crippen LogP contribution in [0.4, 0.5) is 11.4 Å². The van der Waals surface area contributed by atoms with E-state index in [0.717, 1.165) is 23.0 Å². The van der Waals surface area contributed by atoms with Gasteiger partial charge < -0.3 is 10.2 Å². The van der Waals surface area contributed by atoms with Crippen LogP contribution in [-0.2, 0) is 19.4 Å². The molecule has 2 aliphatic rings. The Hall–Kier alpha value is -2.19. The van der Waals surface area contributed by atoms with Gasteiger partial charge in [-0.1, -0.05) is 25.0 Å². The minimum Gasteiger partial charge on any atom is -0.326 e. The molecule has 1 aliphatic carbocycles. The van der Waals surface area contributed by atoms with Crippen molar-refractivity contribution in [1.82, 2.24) is 0 Å². The van der Waals surface area contributed by atoms with Gasteiger partial charge in [0, 0.05) is 23.1 Å². The molecule has 1 unspecified atom stereocenters. The van der Waals surface area contributed by atoms with Gasteiger partial charge in [0.2, 0.25) is 11.8 Å². The number of carbonyl (C=O) groups excluding carboxylic acids is 2. The van der Waals surface area contributed by atoms with Gasteiger partial charge in [-0.05, 0) is 65.2 Å². The first kappa shape index (κ1) is 21.1. The van der Waals surface area contributed by atoms with E-state index < -0.39 is 15.8 Å². The summed E-state index contributed by atoms with van der Waals surface area (Å²) in [4.78, 5) is 27.0. The molecular formula is C22H23BrN2O4S. The number of halogens is 1. The molecule has 2 aromatic carbocycles. The minimum atomic E-state index is -3.32. The van der Waals surface area contributed by atoms with Crippen LogP contribution in [0.3, 0.4) is 0 Å². The summed E-state index contributed by atoms with van der Waals surface area (Å²) in [6.45, 7) is 0.307. The molecule has 2 aromatic rings. The smallest absolute Gasteiger partial charge is 0.229 e. The predicted octanol–water partition coefficient (Wildman–Crippen LogP) is 4.16. The van der Waals surface area contributed by atoms with Gasteiger partial charge >= 0.3 is 0 Å². The van der Waals surface area contributed by atoms with Crippen molar-refractivity contribution in [3.05, 3.63) is 53.0 Å². The average molecular weight is 491 g/mol. The van der Waals surface area contributed by atoms with Crippen LogP contribution in [0.1, 0.15) is 32.1 Å². The fraction of sp³-hybridized carbons (Fsp3) is 0.364. The number of anilines is 2. The third-order valence-corrected chi connectivity index (χ3v) is 8.78. The summed E-state index contributed by atoms with van der Waals surface area (Å²) in [7, 11) is -3.32. The first-order valence-corrected chi connectivity index (χ1v) is 12.4. The molecule has 1 aliphatic heterocycles. The van der Waals surface area contributed by atoms with Crippen molar-refractivity contribution in [3.63, 3.8) is 0 Å². The zero-order chi connectivity index (χ0) is 21.3. The van der Waals surface area contributed by atoms with Crippen LogP contribution in [-0.4, -0.2) is 32.0 Å². The second kappa shape index (κ2) is 8.51. The van der Waals surface area contributed by atoms with E-state index in [0.29, 0.717) is 30.0 Å². The van der Waals surface area contributed by atoms with Crippen molar-refractivity contribution in [3.8, 4) is 0 Å². The molecule has 0 spiro atoms. The van der Waals surface area contributed by atoms with Crippen LogP contribution < -0.4 is 10.2 Å². The fourth-order valence-electron chi connectivity index (χ4n) is 4.15. The molecular weight excluding hydrogens is 468 g/mol. The second-order valence-corrected chi connectivity index (χ2v) is 10.9. The lowest BCUT2D eigenvalue weighted by Gasteiger charge is -2.18. The van der Waals surface area contributed by atoms with E-state index in [1.54, 1.807) is 29.2 Å². The highest BCUT2D eigenvalue weighted by atomic mass is 79.9. The number of sulfone groups is 1. The van der Waals surface area contributed by atoms with E-state index in [-0.39, 0.29) is 23.5 Å². The number of nitrogens with one attached hydrogen (secondary N) is 1. The Balaban J connectivity index is 1.42. The van der Waals surface area contributed by atoms with Crippen LogP contribution in [0.5, 0.6) is 0 Å². The van der Waals surface area contributed by atoms with E-state index in [1.165, 1.54) is 0 Å². The van der Waals surface area contributed by atoms with Gasteiger partial charge in [0.25, 0.3) is 0 Å². The second-order valence-electron chi connectivity index (χ2n) is 7.82. The van der Waals surface area contributed by atoms with Crippen LogP contribution in [0.25, 0.3) is 0 Å². The molecule has 1 atom stereocenters. The van der Waals surface area contributed by atoms with Gasteiger partial charge in [-0.3, -0.25) is 9.59 Å². The highest BCUT2D eigenvalue weighted by molar-refractivity contribution is 9.10. The Bertz CT molecular complexity index is 1060. The van der Waals surface area contributed by atoms with Crippen LogP contribution >= 0.6 is 15.9 Å². The van der Waals surface area contributed by atoms with Crippen LogP contribution in [0.2, 0.25) is 0 Å². The molecule has 2 fully saturated rings. The molecule has 158 valence electrons. The van der Waals surface area contributed by atoms with Gasteiger partial charge in [-0.2, -0.15) is 0 Å². The highest BCUT2D eigenvalue weighted by Gasteiger charge is 2.36. The molecule has 8 heteroatoms. The van der Waals surface area contributed by atoms with E-state index in [9.17, 15) is 18.0 Å². The lowest BCUT2D eigenvalue weighted by Crippen LogP contribution is -2.28. The lowest BCUT2D eigenvalue weighted by molar-refractivity contribution is -0.122. The maximum absolute atomic E-state index is 12.7. The number of amides is 2. The summed E-state index contributed by atoms with van der Waals surface area (Å²) in [6.07, 6.45) is 3.47. The summed E-state index contributed by atoms with van der Waals surface area (Å²) < 4.78 is 26.2. The molecule has 1 saturated heterocycles. The lowest BCUT2D eigenvalue weighted by atomic mass is 10.1. The summed E-state index contributed by atoms with van der Waals surface area (Å²) in [5.41, 5.74) is 1.27. The van der Waals surface area contributed by atoms with E-state index in [4.69, 9.17) is 0 Å². The maximum Gasteiger partial charge on any atom is 0.229 e. The van der Waals surface area contributed by atoms with E-state index in [2.05, 4.69) is 21.2 Å². The Morgan fingerprint density at radius 2 is 1.70 bits per heavy atom. The number of nitrogens with zero attached hydrogens (tertiary/aromatic N) is 1. The molecule has 1 saturated carbocycles. The maximum atomic E-state index is 12.7. The number of hydrogen-bond acceptors (Lipinski definition) is 4.